The van der Waals surface area contributed by atoms with Crippen LogP contribution < -0.4 is 10.2 Å². The molecule has 0 saturated heterocycles. The van der Waals surface area contributed by atoms with Crippen LogP contribution in [0.2, 0.25) is 0 Å². The normalized spacial score (nSPS) is 18.4. The molecule has 0 N–H and O–H groups in total. The summed E-state index contributed by atoms with van der Waals surface area (Å²) < 4.78 is 8.02. The Balaban J connectivity index is 2.42. The molecule has 0 bridgehead atoms. The zero-order valence-corrected chi connectivity index (χ0v) is 14.0. The number of nitrogens with zero attached hydrogens (tertiary/aromatic N) is 2. The fraction of sp³-hybridized carbons (Fsp3) is 0.389. The summed E-state index contributed by atoms with van der Waals surface area (Å²) in [6.07, 6.45) is 1.48. The summed E-state index contributed by atoms with van der Waals surface area (Å²) in [7, 11) is 0. The molecule has 3 rings (SSSR count). The molecule has 0 fully saturated rings. The molecule has 5 heteroatoms. The highest BCUT2D eigenvalue weighted by molar-refractivity contribution is 5.94. The maximum absolute atomic E-state index is 12.3. The minimum absolute atomic E-state index is 0.158. The number of hydrogen-bond donors (Lipinski definition) is 0. The molecule has 1 aliphatic rings. The molecule has 0 aliphatic carbocycles. The van der Waals surface area contributed by atoms with E-state index >= 15 is 0 Å². The lowest BCUT2D eigenvalue weighted by molar-refractivity contribution is 0.0983. The first kappa shape index (κ1) is 15.5. The lowest BCUT2D eigenvalue weighted by Crippen LogP contribution is -2.41. The molecular weight excluding hydrogens is 292 g/mol. The van der Waals surface area contributed by atoms with Crippen molar-refractivity contribution in [3.8, 4) is 17.1 Å². The highest BCUT2D eigenvalue weighted by Gasteiger charge is 2.36. The lowest BCUT2D eigenvalue weighted by Gasteiger charge is -2.33. The Hall–Kier alpha value is -2.43. The highest BCUT2D eigenvalue weighted by Crippen LogP contribution is 2.38. The van der Waals surface area contributed by atoms with Crippen LogP contribution in [0, 0.1) is 6.92 Å². The van der Waals surface area contributed by atoms with Crippen LogP contribution in [0.25, 0.3) is 11.4 Å². The number of ether oxygens (including phenoxy) is 1. The number of Topliss-reactive ketones (excluding diaryl/α,β-unsaturated/α-hetero) is 1. The second-order valence-corrected chi connectivity index (χ2v) is 6.58. The molecule has 0 radical (unpaired) electrons. The molecule has 2 aromatic rings. The fourth-order valence-electron chi connectivity index (χ4n) is 2.81. The number of ketones is 1. The molecular formula is C18H20N2O3. The molecule has 0 aromatic carbocycles. The third-order valence-electron chi connectivity index (χ3n) is 4.59. The van der Waals surface area contributed by atoms with Gasteiger partial charge in [0.1, 0.15) is 17.5 Å². The SMILES string of the molecule is CC(=O)c1cn2c(cc1=O)-c1nc(C)ccc1OC(C)C2(C)C. The van der Waals surface area contributed by atoms with Gasteiger partial charge in [0.05, 0.1) is 16.8 Å². The number of aromatic nitrogens is 2. The highest BCUT2D eigenvalue weighted by atomic mass is 16.5. The van der Waals surface area contributed by atoms with Crippen LogP contribution in [0.4, 0.5) is 0 Å². The molecule has 5 nitrogen and oxygen atoms in total. The van der Waals surface area contributed by atoms with Crippen molar-refractivity contribution in [2.45, 2.75) is 46.3 Å². The van der Waals surface area contributed by atoms with Gasteiger partial charge in [0, 0.05) is 18.0 Å². The molecule has 3 heterocycles. The Morgan fingerprint density at radius 1 is 1.35 bits per heavy atom. The first-order valence-electron chi connectivity index (χ1n) is 7.64. The average Bonchev–Trinajstić information content (AvgIpc) is 2.54. The number of carbonyl (C=O) groups excluding carboxylic acids is 1. The van der Waals surface area contributed by atoms with Crippen LogP contribution in [-0.4, -0.2) is 21.4 Å². The first-order chi connectivity index (χ1) is 10.7. The van der Waals surface area contributed by atoms with Gasteiger partial charge in [-0.1, -0.05) is 0 Å². The van der Waals surface area contributed by atoms with Gasteiger partial charge in [-0.2, -0.15) is 0 Å². The Kier molecular flexibility index (Phi) is 3.39. The van der Waals surface area contributed by atoms with Crippen molar-refractivity contribution < 1.29 is 9.53 Å². The summed E-state index contributed by atoms with van der Waals surface area (Å²) >= 11 is 0. The average molecular weight is 312 g/mol. The molecule has 0 spiro atoms. The molecule has 1 atom stereocenters. The molecule has 2 aromatic heterocycles. The van der Waals surface area contributed by atoms with E-state index in [4.69, 9.17) is 4.74 Å². The van der Waals surface area contributed by atoms with Gasteiger partial charge in [0.2, 0.25) is 0 Å². The largest absolute Gasteiger partial charge is 0.486 e. The summed E-state index contributed by atoms with van der Waals surface area (Å²) in [6.45, 7) is 9.32. The number of rotatable bonds is 1. The van der Waals surface area contributed by atoms with Crippen molar-refractivity contribution in [3.63, 3.8) is 0 Å². The van der Waals surface area contributed by atoms with Crippen molar-refractivity contribution in [2.75, 3.05) is 0 Å². The summed E-state index contributed by atoms with van der Waals surface area (Å²) in [5, 5.41) is 0. The third kappa shape index (κ3) is 2.36. The Bertz CT molecular complexity index is 865. The Morgan fingerprint density at radius 2 is 2.04 bits per heavy atom. The van der Waals surface area contributed by atoms with E-state index in [1.165, 1.54) is 13.0 Å². The number of hydrogen-bond acceptors (Lipinski definition) is 4. The zero-order chi connectivity index (χ0) is 16.9. The van der Waals surface area contributed by atoms with Crippen molar-refractivity contribution >= 4 is 5.78 Å². The van der Waals surface area contributed by atoms with E-state index in [2.05, 4.69) is 4.98 Å². The minimum Gasteiger partial charge on any atom is -0.486 e. The maximum atomic E-state index is 12.3. The molecule has 23 heavy (non-hydrogen) atoms. The van der Waals surface area contributed by atoms with Crippen LogP contribution in [-0.2, 0) is 5.54 Å². The lowest BCUT2D eigenvalue weighted by atomic mass is 9.96. The topological polar surface area (TPSA) is 61.2 Å². The maximum Gasteiger partial charge on any atom is 0.193 e. The number of pyridine rings is 2. The van der Waals surface area contributed by atoms with Crippen LogP contribution in [0.1, 0.15) is 43.7 Å². The fourth-order valence-corrected chi connectivity index (χ4v) is 2.81. The Morgan fingerprint density at radius 3 is 2.70 bits per heavy atom. The van der Waals surface area contributed by atoms with E-state index in [-0.39, 0.29) is 22.9 Å². The van der Waals surface area contributed by atoms with E-state index in [0.29, 0.717) is 17.1 Å². The predicted molar refractivity (Wildman–Crippen MR) is 88.1 cm³/mol. The first-order valence-corrected chi connectivity index (χ1v) is 7.64. The molecule has 120 valence electrons. The second kappa shape index (κ2) is 5.05. The smallest absolute Gasteiger partial charge is 0.193 e. The predicted octanol–water partition coefficient (Wildman–Crippen LogP) is 2.94. The van der Waals surface area contributed by atoms with Gasteiger partial charge < -0.3 is 9.30 Å². The van der Waals surface area contributed by atoms with Gasteiger partial charge in [0.15, 0.2) is 11.2 Å². The van der Waals surface area contributed by atoms with E-state index in [1.54, 1.807) is 6.20 Å². The Labute approximate surface area is 134 Å². The number of carbonyl (C=O) groups is 1. The quantitative estimate of drug-likeness (QED) is 0.760. The van der Waals surface area contributed by atoms with Gasteiger partial charge in [-0.15, -0.1) is 0 Å². The van der Waals surface area contributed by atoms with Crippen molar-refractivity contribution in [1.29, 1.82) is 0 Å². The van der Waals surface area contributed by atoms with Crippen molar-refractivity contribution in [1.82, 2.24) is 9.55 Å². The second-order valence-electron chi connectivity index (χ2n) is 6.58. The molecule has 0 amide bonds. The third-order valence-corrected chi connectivity index (χ3v) is 4.59. The summed E-state index contributed by atoms with van der Waals surface area (Å²) in [4.78, 5) is 28.7. The summed E-state index contributed by atoms with van der Waals surface area (Å²) in [5.74, 6) is 0.411. The van der Waals surface area contributed by atoms with Crippen molar-refractivity contribution in [3.05, 3.63) is 45.9 Å². The van der Waals surface area contributed by atoms with Gasteiger partial charge in [-0.25, -0.2) is 4.98 Å². The monoisotopic (exact) mass is 312 g/mol. The molecule has 0 saturated carbocycles. The van der Waals surface area contributed by atoms with E-state index in [1.807, 2.05) is 44.4 Å². The van der Waals surface area contributed by atoms with Gasteiger partial charge >= 0.3 is 0 Å². The summed E-state index contributed by atoms with van der Waals surface area (Å²) in [5.41, 5.74) is 1.60. The van der Waals surface area contributed by atoms with Crippen LogP contribution in [0.3, 0.4) is 0 Å². The van der Waals surface area contributed by atoms with Gasteiger partial charge in [-0.05, 0) is 46.8 Å². The molecule has 1 unspecified atom stereocenters. The van der Waals surface area contributed by atoms with E-state index < -0.39 is 5.54 Å². The van der Waals surface area contributed by atoms with Gasteiger partial charge in [-0.3, -0.25) is 9.59 Å². The zero-order valence-electron chi connectivity index (χ0n) is 14.0. The minimum atomic E-state index is -0.443. The van der Waals surface area contributed by atoms with E-state index in [0.717, 1.165) is 5.69 Å². The van der Waals surface area contributed by atoms with Crippen LogP contribution >= 0.6 is 0 Å². The van der Waals surface area contributed by atoms with Crippen LogP contribution in [0.5, 0.6) is 5.75 Å². The standard InChI is InChI=1S/C18H20N2O3/c1-10-6-7-16-17(19-10)14-8-15(22)13(11(2)21)9-20(14)18(4,5)12(3)23-16/h6-9,12H,1-5H3. The molecule has 1 aliphatic heterocycles. The van der Waals surface area contributed by atoms with Crippen molar-refractivity contribution in [2.24, 2.45) is 0 Å². The van der Waals surface area contributed by atoms with Gasteiger partial charge in [0.25, 0.3) is 0 Å². The number of fused-ring (bicyclic) bond motifs is 3. The summed E-state index contributed by atoms with van der Waals surface area (Å²) in [6, 6.07) is 5.25. The van der Waals surface area contributed by atoms with E-state index in [9.17, 15) is 9.59 Å². The number of aryl methyl sites for hydroxylation is 1. The van der Waals surface area contributed by atoms with Crippen LogP contribution in [0.15, 0.2) is 29.2 Å².